The van der Waals surface area contributed by atoms with Crippen molar-refractivity contribution in [1.29, 1.82) is 0 Å². The summed E-state index contributed by atoms with van der Waals surface area (Å²) in [4.78, 5) is 8.94. The van der Waals surface area contributed by atoms with Crippen molar-refractivity contribution in [3.63, 3.8) is 0 Å². The van der Waals surface area contributed by atoms with Gasteiger partial charge in [0, 0.05) is 24.6 Å². The fraction of sp³-hybridized carbons (Fsp3) is 0.450. The second kappa shape index (κ2) is 7.01. The molecule has 0 aromatic carbocycles. The molecule has 1 saturated carbocycles. The zero-order valence-electron chi connectivity index (χ0n) is 15.8. The summed E-state index contributed by atoms with van der Waals surface area (Å²) < 4.78 is 21.8. The predicted octanol–water partition coefficient (Wildman–Crippen LogP) is 2.98. The van der Waals surface area contributed by atoms with Crippen LogP contribution in [0, 0.1) is 5.82 Å². The summed E-state index contributed by atoms with van der Waals surface area (Å²) in [6.07, 6.45) is 6.01. The van der Waals surface area contributed by atoms with E-state index in [2.05, 4.69) is 20.6 Å². The van der Waals surface area contributed by atoms with Gasteiger partial charge >= 0.3 is 0 Å². The number of hydrogen-bond donors (Lipinski definition) is 2. The molecule has 8 heteroatoms. The molecule has 0 spiro atoms. The first-order valence-electron chi connectivity index (χ1n) is 9.80. The molecule has 1 atom stereocenters. The van der Waals surface area contributed by atoms with Crippen LogP contribution in [0.25, 0.3) is 17.0 Å². The van der Waals surface area contributed by atoms with Crippen LogP contribution in [0.1, 0.15) is 37.3 Å². The first kappa shape index (κ1) is 17.4. The van der Waals surface area contributed by atoms with Gasteiger partial charge in [-0.3, -0.25) is 0 Å². The number of aromatic nitrogens is 4. The number of methoxy groups -OCH3 is 1. The molecule has 1 aliphatic carbocycles. The Morgan fingerprint density at radius 1 is 1.29 bits per heavy atom. The number of nitrogens with one attached hydrogen (secondary N) is 2. The standard InChI is InChI=1S/C20H23FN6O/c1-28-16-9-18-23-11-15(27(18)26-19(16)12-4-5-12)20-14(21)6-7-17(25-20)24-13-3-2-8-22-10-13/h6-7,9,11-13,22H,2-5,8,10H2,1H3,(H,24,25). The summed E-state index contributed by atoms with van der Waals surface area (Å²) >= 11 is 0. The van der Waals surface area contributed by atoms with Crippen molar-refractivity contribution < 1.29 is 9.13 Å². The van der Waals surface area contributed by atoms with Gasteiger partial charge in [-0.1, -0.05) is 0 Å². The molecule has 1 aliphatic heterocycles. The number of pyridine rings is 1. The van der Waals surface area contributed by atoms with Gasteiger partial charge in [0.1, 0.15) is 28.6 Å². The van der Waals surface area contributed by atoms with Gasteiger partial charge in [-0.25, -0.2) is 18.9 Å². The van der Waals surface area contributed by atoms with Crippen molar-refractivity contribution in [3.8, 4) is 17.1 Å². The summed E-state index contributed by atoms with van der Waals surface area (Å²) in [5.41, 5.74) is 2.31. The Bertz CT molecular complexity index is 1010. The third-order valence-electron chi connectivity index (χ3n) is 5.41. The fourth-order valence-corrected chi connectivity index (χ4v) is 3.76. The predicted molar refractivity (Wildman–Crippen MR) is 104 cm³/mol. The van der Waals surface area contributed by atoms with Crippen molar-refractivity contribution in [1.82, 2.24) is 24.9 Å². The van der Waals surface area contributed by atoms with Crippen molar-refractivity contribution >= 4 is 11.5 Å². The van der Waals surface area contributed by atoms with Gasteiger partial charge in [0.15, 0.2) is 11.5 Å². The molecule has 4 heterocycles. The van der Waals surface area contributed by atoms with Crippen LogP contribution in [0.3, 0.4) is 0 Å². The lowest BCUT2D eigenvalue weighted by molar-refractivity contribution is 0.405. The van der Waals surface area contributed by atoms with Crippen molar-refractivity contribution in [3.05, 3.63) is 35.9 Å². The van der Waals surface area contributed by atoms with Crippen LogP contribution in [0.15, 0.2) is 24.4 Å². The minimum atomic E-state index is -0.389. The normalized spacial score (nSPS) is 19.7. The molecule has 2 aliphatic rings. The Morgan fingerprint density at radius 3 is 2.93 bits per heavy atom. The SMILES string of the molecule is COc1cc2ncc(-c3nc(NC4CCCNC4)ccc3F)n2nc1C1CC1. The second-order valence-corrected chi connectivity index (χ2v) is 7.50. The van der Waals surface area contributed by atoms with Crippen LogP contribution >= 0.6 is 0 Å². The van der Waals surface area contributed by atoms with Gasteiger partial charge in [-0.05, 0) is 44.4 Å². The van der Waals surface area contributed by atoms with Gasteiger partial charge < -0.3 is 15.4 Å². The zero-order chi connectivity index (χ0) is 19.1. The molecular weight excluding hydrogens is 359 g/mol. The lowest BCUT2D eigenvalue weighted by Gasteiger charge is -2.24. The van der Waals surface area contributed by atoms with Crippen molar-refractivity contribution in [2.45, 2.75) is 37.6 Å². The molecule has 146 valence electrons. The summed E-state index contributed by atoms with van der Waals surface area (Å²) in [5, 5.41) is 11.5. The van der Waals surface area contributed by atoms with Crippen molar-refractivity contribution in [2.75, 3.05) is 25.5 Å². The van der Waals surface area contributed by atoms with E-state index in [1.165, 1.54) is 6.07 Å². The second-order valence-electron chi connectivity index (χ2n) is 7.50. The fourth-order valence-electron chi connectivity index (χ4n) is 3.76. The van der Waals surface area contributed by atoms with E-state index in [1.807, 2.05) is 6.07 Å². The van der Waals surface area contributed by atoms with Crippen LogP contribution in [0.5, 0.6) is 5.75 Å². The third kappa shape index (κ3) is 3.17. The van der Waals surface area contributed by atoms with Crippen LogP contribution in [-0.2, 0) is 0 Å². The zero-order valence-corrected chi connectivity index (χ0v) is 15.8. The number of hydrogen-bond acceptors (Lipinski definition) is 6. The van der Waals surface area contributed by atoms with E-state index < -0.39 is 0 Å². The number of fused-ring (bicyclic) bond motifs is 1. The van der Waals surface area contributed by atoms with E-state index >= 15 is 0 Å². The first-order chi connectivity index (χ1) is 13.7. The highest BCUT2D eigenvalue weighted by molar-refractivity contribution is 5.63. The quantitative estimate of drug-likeness (QED) is 0.707. The maximum absolute atomic E-state index is 14.7. The van der Waals surface area contributed by atoms with E-state index in [-0.39, 0.29) is 11.5 Å². The molecule has 5 rings (SSSR count). The minimum absolute atomic E-state index is 0.251. The van der Waals surface area contributed by atoms with E-state index in [0.717, 1.165) is 50.2 Å². The molecule has 28 heavy (non-hydrogen) atoms. The minimum Gasteiger partial charge on any atom is -0.495 e. The molecule has 0 amide bonds. The van der Waals surface area contributed by atoms with Gasteiger partial charge in [0.2, 0.25) is 0 Å². The molecular formula is C20H23FN6O. The van der Waals surface area contributed by atoms with Gasteiger partial charge in [-0.2, -0.15) is 5.10 Å². The van der Waals surface area contributed by atoms with Crippen molar-refractivity contribution in [2.24, 2.45) is 0 Å². The van der Waals surface area contributed by atoms with Gasteiger partial charge in [-0.15, -0.1) is 0 Å². The van der Waals surface area contributed by atoms with Crippen LogP contribution in [-0.4, -0.2) is 45.8 Å². The molecule has 1 unspecified atom stereocenters. The van der Waals surface area contributed by atoms with E-state index in [9.17, 15) is 4.39 Å². The largest absolute Gasteiger partial charge is 0.495 e. The number of nitrogens with zero attached hydrogens (tertiary/aromatic N) is 4. The highest BCUT2D eigenvalue weighted by atomic mass is 19.1. The van der Waals surface area contributed by atoms with Gasteiger partial charge in [0.05, 0.1) is 13.3 Å². The molecule has 3 aromatic heterocycles. The molecule has 0 bridgehead atoms. The van der Waals surface area contributed by atoms with Crippen LogP contribution in [0.2, 0.25) is 0 Å². The molecule has 2 fully saturated rings. The molecule has 3 aromatic rings. The molecule has 2 N–H and O–H groups in total. The number of halogens is 1. The maximum Gasteiger partial charge on any atom is 0.157 e. The third-order valence-corrected chi connectivity index (χ3v) is 5.41. The molecule has 1 saturated heterocycles. The lowest BCUT2D eigenvalue weighted by Crippen LogP contribution is -2.38. The smallest absolute Gasteiger partial charge is 0.157 e. The number of piperidine rings is 1. The summed E-state index contributed by atoms with van der Waals surface area (Å²) in [5.74, 6) is 1.41. The van der Waals surface area contributed by atoms with E-state index in [4.69, 9.17) is 9.84 Å². The average molecular weight is 382 g/mol. The summed E-state index contributed by atoms with van der Waals surface area (Å²) in [6.45, 7) is 1.93. The molecule has 7 nitrogen and oxygen atoms in total. The lowest BCUT2D eigenvalue weighted by atomic mass is 10.1. The van der Waals surface area contributed by atoms with Gasteiger partial charge in [0.25, 0.3) is 0 Å². The summed E-state index contributed by atoms with van der Waals surface area (Å²) in [7, 11) is 1.64. The Kier molecular flexibility index (Phi) is 4.35. The Labute approximate surface area is 162 Å². The summed E-state index contributed by atoms with van der Waals surface area (Å²) in [6, 6.07) is 5.29. The number of rotatable bonds is 5. The Balaban J connectivity index is 1.53. The highest BCUT2D eigenvalue weighted by Gasteiger charge is 2.30. The topological polar surface area (TPSA) is 76.4 Å². The van der Waals surface area contributed by atoms with E-state index in [1.54, 1.807) is 23.9 Å². The number of anilines is 1. The first-order valence-corrected chi connectivity index (χ1v) is 9.80. The Hall–Kier alpha value is -2.74. The van der Waals surface area contributed by atoms with E-state index in [0.29, 0.717) is 29.1 Å². The maximum atomic E-state index is 14.7. The Morgan fingerprint density at radius 2 is 2.18 bits per heavy atom. The highest BCUT2D eigenvalue weighted by Crippen LogP contribution is 2.43. The average Bonchev–Trinajstić information content (AvgIpc) is 3.49. The monoisotopic (exact) mass is 382 g/mol. The molecule has 0 radical (unpaired) electrons. The number of imidazole rings is 1. The number of ether oxygens (including phenoxy) is 1. The van der Waals surface area contributed by atoms with Crippen LogP contribution < -0.4 is 15.4 Å². The van der Waals surface area contributed by atoms with Crippen LogP contribution in [0.4, 0.5) is 10.2 Å².